The van der Waals surface area contributed by atoms with E-state index in [1.165, 1.54) is 51.5 Å². The predicted octanol–water partition coefficient (Wildman–Crippen LogP) is 6.05. The molecule has 0 radical (unpaired) electrons. The molecule has 2 aromatic rings. The third-order valence-electron chi connectivity index (χ3n) is 4.49. The maximum atomic E-state index is 11.8. The molecule has 0 bridgehead atoms. The molecule has 0 saturated carbocycles. The lowest BCUT2D eigenvalue weighted by molar-refractivity contribution is 0.0817. The predicted molar refractivity (Wildman–Crippen MR) is 118 cm³/mol. The van der Waals surface area contributed by atoms with E-state index in [0.29, 0.717) is 11.1 Å². The second-order valence-corrected chi connectivity index (χ2v) is 7.31. The van der Waals surface area contributed by atoms with Gasteiger partial charge in [-0.3, -0.25) is 9.59 Å². The van der Waals surface area contributed by atoms with Crippen LogP contribution in [-0.4, -0.2) is 37.1 Å². The zero-order valence-electron chi connectivity index (χ0n) is 17.7. The Kier molecular flexibility index (Phi) is 12.5. The normalized spacial score (nSPS) is 10.3. The van der Waals surface area contributed by atoms with Gasteiger partial charge in [-0.15, -0.1) is 0 Å². The molecule has 0 unspecified atom stereocenters. The van der Waals surface area contributed by atoms with Crippen molar-refractivity contribution in [3.8, 4) is 0 Å². The molecule has 0 aliphatic rings. The fourth-order valence-corrected chi connectivity index (χ4v) is 2.83. The van der Waals surface area contributed by atoms with E-state index in [0.717, 1.165) is 0 Å². The summed E-state index contributed by atoms with van der Waals surface area (Å²) in [5, 5.41) is 0. The van der Waals surface area contributed by atoms with Crippen LogP contribution in [0.4, 0.5) is 0 Å². The number of benzene rings is 2. The van der Waals surface area contributed by atoms with Crippen molar-refractivity contribution in [2.45, 2.75) is 51.9 Å². The Morgan fingerprint density at radius 2 is 1.04 bits per heavy atom. The average molecular weight is 382 g/mol. The number of hydrogen-bond acceptors (Lipinski definition) is 3. The molecular weight excluding hydrogens is 346 g/mol. The molecule has 2 rings (SSSR count). The van der Waals surface area contributed by atoms with Gasteiger partial charge in [0.1, 0.15) is 0 Å². The Morgan fingerprint density at radius 3 is 1.43 bits per heavy atom. The molecule has 3 heteroatoms. The summed E-state index contributed by atoms with van der Waals surface area (Å²) in [6.45, 7) is 3.53. The SMILES string of the molecule is CCCCCCCCCN(C)C.O=C(C(=O)c1ccccc1)c1ccccc1. The third-order valence-corrected chi connectivity index (χ3v) is 4.49. The van der Waals surface area contributed by atoms with Gasteiger partial charge in [0, 0.05) is 11.1 Å². The number of Topliss-reactive ketones (excluding diaryl/α,β-unsaturated/α-hetero) is 2. The number of carbonyl (C=O) groups excluding carboxylic acids is 2. The molecule has 0 fully saturated rings. The molecule has 0 heterocycles. The third kappa shape index (κ3) is 10.2. The summed E-state index contributed by atoms with van der Waals surface area (Å²) < 4.78 is 0. The molecule has 0 atom stereocenters. The number of carbonyl (C=O) groups is 2. The van der Waals surface area contributed by atoms with Gasteiger partial charge < -0.3 is 4.90 Å². The standard InChI is InChI=1S/C14H10O2.C11H25N/c15-13(11-7-3-1-4-8-11)14(16)12-9-5-2-6-10-12;1-4-5-6-7-8-9-10-11-12(2)3/h1-10H;4-11H2,1-3H3. The molecule has 2 aromatic carbocycles. The zero-order valence-corrected chi connectivity index (χ0v) is 17.7. The number of ketones is 2. The van der Waals surface area contributed by atoms with E-state index in [1.807, 2.05) is 12.1 Å². The molecule has 0 spiro atoms. The first-order chi connectivity index (χ1) is 13.6. The number of unbranched alkanes of at least 4 members (excludes halogenated alkanes) is 6. The summed E-state index contributed by atoms with van der Waals surface area (Å²) in [4.78, 5) is 25.9. The Morgan fingerprint density at radius 1 is 0.643 bits per heavy atom. The molecule has 0 aliphatic carbocycles. The van der Waals surface area contributed by atoms with E-state index in [2.05, 4.69) is 25.9 Å². The van der Waals surface area contributed by atoms with Crippen LogP contribution in [-0.2, 0) is 0 Å². The van der Waals surface area contributed by atoms with Gasteiger partial charge in [0.2, 0.25) is 11.6 Å². The first-order valence-corrected chi connectivity index (χ1v) is 10.4. The Bertz CT molecular complexity index is 616. The number of hydrogen-bond donors (Lipinski definition) is 0. The van der Waals surface area contributed by atoms with Crippen molar-refractivity contribution >= 4 is 11.6 Å². The maximum absolute atomic E-state index is 11.8. The maximum Gasteiger partial charge on any atom is 0.233 e. The molecule has 28 heavy (non-hydrogen) atoms. The van der Waals surface area contributed by atoms with Gasteiger partial charge in [-0.2, -0.15) is 0 Å². The summed E-state index contributed by atoms with van der Waals surface area (Å²) >= 11 is 0. The Labute approximate surface area is 170 Å². The number of nitrogens with zero attached hydrogens (tertiary/aromatic N) is 1. The van der Waals surface area contributed by atoms with Gasteiger partial charge in [0.25, 0.3) is 0 Å². The summed E-state index contributed by atoms with van der Waals surface area (Å²) in [5.74, 6) is -0.932. The first kappa shape index (κ1) is 23.8. The average Bonchev–Trinajstić information content (AvgIpc) is 2.73. The highest BCUT2D eigenvalue weighted by Crippen LogP contribution is 2.08. The smallest absolute Gasteiger partial charge is 0.233 e. The monoisotopic (exact) mass is 381 g/mol. The minimum absolute atomic E-state index is 0.427. The number of rotatable bonds is 11. The summed E-state index contributed by atoms with van der Waals surface area (Å²) in [5.41, 5.74) is 0.854. The van der Waals surface area contributed by atoms with Crippen LogP contribution in [0.25, 0.3) is 0 Å². The fourth-order valence-electron chi connectivity index (χ4n) is 2.83. The highest BCUT2D eigenvalue weighted by Gasteiger charge is 2.17. The van der Waals surface area contributed by atoms with Crippen molar-refractivity contribution in [2.24, 2.45) is 0 Å². The second kappa shape index (κ2) is 14.8. The van der Waals surface area contributed by atoms with Crippen molar-refractivity contribution in [2.75, 3.05) is 20.6 Å². The Balaban J connectivity index is 0.000000295. The van der Waals surface area contributed by atoms with Crippen molar-refractivity contribution in [3.63, 3.8) is 0 Å². The van der Waals surface area contributed by atoms with Crippen molar-refractivity contribution in [3.05, 3.63) is 71.8 Å². The lowest BCUT2D eigenvalue weighted by Crippen LogP contribution is -2.14. The van der Waals surface area contributed by atoms with Gasteiger partial charge >= 0.3 is 0 Å². The topological polar surface area (TPSA) is 37.4 Å². The molecule has 0 aromatic heterocycles. The summed E-state index contributed by atoms with van der Waals surface area (Å²) in [6, 6.07) is 17.2. The van der Waals surface area contributed by atoms with Crippen LogP contribution >= 0.6 is 0 Å². The molecular formula is C25H35NO2. The molecule has 0 N–H and O–H groups in total. The zero-order chi connectivity index (χ0) is 20.6. The van der Waals surface area contributed by atoms with Crippen LogP contribution in [0.15, 0.2) is 60.7 Å². The van der Waals surface area contributed by atoms with E-state index in [-0.39, 0.29) is 0 Å². The van der Waals surface area contributed by atoms with Gasteiger partial charge in [0.15, 0.2) is 0 Å². The van der Waals surface area contributed by atoms with Crippen LogP contribution in [0, 0.1) is 0 Å². The van der Waals surface area contributed by atoms with Crippen molar-refractivity contribution in [1.82, 2.24) is 4.90 Å². The van der Waals surface area contributed by atoms with E-state index in [4.69, 9.17) is 0 Å². The molecule has 0 aliphatic heterocycles. The largest absolute Gasteiger partial charge is 0.309 e. The Hall–Kier alpha value is -2.26. The van der Waals surface area contributed by atoms with E-state index >= 15 is 0 Å². The lowest BCUT2D eigenvalue weighted by atomic mass is 10.0. The van der Waals surface area contributed by atoms with E-state index in [9.17, 15) is 9.59 Å². The van der Waals surface area contributed by atoms with Crippen LogP contribution in [0.5, 0.6) is 0 Å². The van der Waals surface area contributed by atoms with E-state index < -0.39 is 11.6 Å². The van der Waals surface area contributed by atoms with Gasteiger partial charge in [-0.05, 0) is 27.1 Å². The van der Waals surface area contributed by atoms with Gasteiger partial charge in [-0.25, -0.2) is 0 Å². The van der Waals surface area contributed by atoms with Crippen LogP contribution in [0.1, 0.15) is 72.6 Å². The minimum Gasteiger partial charge on any atom is -0.309 e. The van der Waals surface area contributed by atoms with Crippen molar-refractivity contribution < 1.29 is 9.59 Å². The highest BCUT2D eigenvalue weighted by molar-refractivity contribution is 6.49. The molecule has 0 amide bonds. The quantitative estimate of drug-likeness (QED) is 0.270. The van der Waals surface area contributed by atoms with Crippen molar-refractivity contribution in [1.29, 1.82) is 0 Å². The molecule has 0 saturated heterocycles. The first-order valence-electron chi connectivity index (χ1n) is 10.4. The van der Waals surface area contributed by atoms with Gasteiger partial charge in [-0.1, -0.05) is 106 Å². The van der Waals surface area contributed by atoms with E-state index in [1.54, 1.807) is 48.5 Å². The highest BCUT2D eigenvalue weighted by atomic mass is 16.2. The van der Waals surface area contributed by atoms with Gasteiger partial charge in [0.05, 0.1) is 0 Å². The molecule has 152 valence electrons. The molecule has 3 nitrogen and oxygen atoms in total. The lowest BCUT2D eigenvalue weighted by Gasteiger charge is -2.08. The van der Waals surface area contributed by atoms with Crippen LogP contribution in [0.3, 0.4) is 0 Å². The van der Waals surface area contributed by atoms with Crippen LogP contribution < -0.4 is 0 Å². The summed E-state index contributed by atoms with van der Waals surface area (Å²) in [6.07, 6.45) is 9.90. The van der Waals surface area contributed by atoms with Crippen LogP contribution in [0.2, 0.25) is 0 Å². The summed E-state index contributed by atoms with van der Waals surface area (Å²) in [7, 11) is 4.30. The minimum atomic E-state index is -0.466. The second-order valence-electron chi connectivity index (χ2n) is 7.31. The fraction of sp³-hybridized carbons (Fsp3) is 0.440.